The number of aryl methyl sites for hydroxylation is 1. The van der Waals surface area contributed by atoms with Gasteiger partial charge in [-0.3, -0.25) is 4.79 Å². The van der Waals surface area contributed by atoms with Crippen LogP contribution in [-0.4, -0.2) is 28.5 Å². The number of nitrogens with one attached hydrogen (secondary N) is 1. The normalized spacial score (nSPS) is 16.3. The van der Waals surface area contributed by atoms with E-state index in [1.807, 2.05) is 25.1 Å². The van der Waals surface area contributed by atoms with Gasteiger partial charge >= 0.3 is 0 Å². The van der Waals surface area contributed by atoms with E-state index < -0.39 is 0 Å². The molecule has 0 bridgehead atoms. The van der Waals surface area contributed by atoms with Gasteiger partial charge in [0, 0.05) is 19.6 Å². The molecule has 5 heteroatoms. The Bertz CT molecular complexity index is 642. The molecule has 1 amide bonds. The van der Waals surface area contributed by atoms with E-state index in [9.17, 15) is 4.79 Å². The van der Waals surface area contributed by atoms with Crippen molar-refractivity contribution in [1.82, 2.24) is 14.9 Å². The van der Waals surface area contributed by atoms with Gasteiger partial charge in [0.1, 0.15) is 5.82 Å². The van der Waals surface area contributed by atoms with Crippen molar-refractivity contribution in [2.75, 3.05) is 13.1 Å². The summed E-state index contributed by atoms with van der Waals surface area (Å²) in [6.07, 6.45) is 1.84. The van der Waals surface area contributed by atoms with Crippen LogP contribution >= 0.6 is 0 Å². The Balaban J connectivity index is 1.66. The first kappa shape index (κ1) is 13.1. The number of nitrogens with two attached hydrogens (primary N) is 1. The molecule has 2 aromatic rings. The third kappa shape index (κ3) is 2.18. The highest BCUT2D eigenvalue weighted by Gasteiger charge is 2.48. The zero-order valence-corrected chi connectivity index (χ0v) is 11.7. The zero-order chi connectivity index (χ0) is 14.2. The minimum absolute atomic E-state index is 0.0991. The molecular formula is C15H20N4O. The van der Waals surface area contributed by atoms with Gasteiger partial charge in [-0.1, -0.05) is 12.1 Å². The first-order chi connectivity index (χ1) is 9.66. The van der Waals surface area contributed by atoms with Crippen LogP contribution in [0.15, 0.2) is 24.3 Å². The predicted molar refractivity (Wildman–Crippen MR) is 78.2 cm³/mol. The minimum Gasteiger partial charge on any atom is -0.354 e. The second kappa shape index (κ2) is 4.90. The van der Waals surface area contributed by atoms with E-state index in [-0.39, 0.29) is 11.3 Å². The molecule has 1 aliphatic carbocycles. The van der Waals surface area contributed by atoms with Crippen molar-refractivity contribution < 1.29 is 4.79 Å². The molecule has 0 saturated heterocycles. The third-order valence-electron chi connectivity index (χ3n) is 4.19. The van der Waals surface area contributed by atoms with Crippen LogP contribution in [0.2, 0.25) is 0 Å². The topological polar surface area (TPSA) is 72.9 Å². The second-order valence-corrected chi connectivity index (χ2v) is 5.54. The summed E-state index contributed by atoms with van der Waals surface area (Å²) in [4.78, 5) is 16.5. The van der Waals surface area contributed by atoms with Crippen molar-refractivity contribution in [3.05, 3.63) is 30.1 Å². The fourth-order valence-electron chi connectivity index (χ4n) is 2.62. The van der Waals surface area contributed by atoms with Crippen LogP contribution < -0.4 is 11.1 Å². The molecule has 0 unspecified atom stereocenters. The lowest BCUT2D eigenvalue weighted by molar-refractivity contribution is -0.126. The largest absolute Gasteiger partial charge is 0.354 e. The number of rotatable bonds is 5. The lowest BCUT2D eigenvalue weighted by Crippen LogP contribution is -2.38. The molecule has 1 aliphatic rings. The number of para-hydroxylation sites is 2. The van der Waals surface area contributed by atoms with Crippen molar-refractivity contribution in [3.8, 4) is 0 Å². The molecule has 0 spiro atoms. The molecule has 1 heterocycles. The number of fused-ring (bicyclic) bond motifs is 1. The van der Waals surface area contributed by atoms with E-state index in [0.29, 0.717) is 13.1 Å². The summed E-state index contributed by atoms with van der Waals surface area (Å²) in [5.74, 6) is 1.07. The van der Waals surface area contributed by atoms with Gasteiger partial charge in [0.25, 0.3) is 0 Å². The molecule has 1 aromatic carbocycles. The number of amides is 1. The summed E-state index contributed by atoms with van der Waals surface area (Å²) in [6, 6.07) is 8.05. The first-order valence-corrected chi connectivity index (χ1v) is 7.06. The maximum atomic E-state index is 12.0. The van der Waals surface area contributed by atoms with Crippen LogP contribution in [0, 0.1) is 12.3 Å². The SMILES string of the molecule is Cc1nc2ccccc2n1CCNC(=O)C1(CN)CC1. The van der Waals surface area contributed by atoms with Crippen molar-refractivity contribution in [2.45, 2.75) is 26.3 Å². The van der Waals surface area contributed by atoms with E-state index in [4.69, 9.17) is 5.73 Å². The molecule has 1 saturated carbocycles. The lowest BCUT2D eigenvalue weighted by Gasteiger charge is -2.13. The Morgan fingerprint density at radius 1 is 1.45 bits per heavy atom. The Morgan fingerprint density at radius 3 is 2.90 bits per heavy atom. The minimum atomic E-state index is -0.272. The maximum absolute atomic E-state index is 12.0. The molecule has 1 fully saturated rings. The van der Waals surface area contributed by atoms with E-state index in [1.54, 1.807) is 0 Å². The number of hydrogen-bond donors (Lipinski definition) is 2. The summed E-state index contributed by atoms with van der Waals surface area (Å²) >= 11 is 0. The standard InChI is InChI=1S/C15H20N4O/c1-11-18-12-4-2-3-5-13(12)19(11)9-8-17-14(20)15(10-16)6-7-15/h2-5H,6-10,16H2,1H3,(H,17,20). The fourth-order valence-corrected chi connectivity index (χ4v) is 2.62. The number of carbonyl (C=O) groups excluding carboxylic acids is 1. The molecule has 1 aromatic heterocycles. The highest BCUT2D eigenvalue weighted by atomic mass is 16.2. The molecule has 0 radical (unpaired) electrons. The first-order valence-electron chi connectivity index (χ1n) is 7.06. The van der Waals surface area contributed by atoms with Gasteiger partial charge in [0.15, 0.2) is 0 Å². The zero-order valence-electron chi connectivity index (χ0n) is 11.7. The van der Waals surface area contributed by atoms with Crippen LogP contribution in [0.25, 0.3) is 11.0 Å². The Kier molecular flexibility index (Phi) is 3.22. The summed E-state index contributed by atoms with van der Waals surface area (Å²) in [5.41, 5.74) is 7.49. The van der Waals surface area contributed by atoms with Crippen molar-refractivity contribution in [1.29, 1.82) is 0 Å². The molecule has 3 rings (SSSR count). The number of imidazole rings is 1. The highest BCUT2D eigenvalue weighted by Crippen LogP contribution is 2.44. The number of benzene rings is 1. The Labute approximate surface area is 118 Å². The summed E-state index contributed by atoms with van der Waals surface area (Å²) in [7, 11) is 0. The number of aromatic nitrogens is 2. The number of hydrogen-bond acceptors (Lipinski definition) is 3. The quantitative estimate of drug-likeness (QED) is 0.859. The van der Waals surface area contributed by atoms with Gasteiger partial charge in [-0.05, 0) is 31.9 Å². The van der Waals surface area contributed by atoms with Gasteiger partial charge in [-0.2, -0.15) is 0 Å². The maximum Gasteiger partial charge on any atom is 0.227 e. The average molecular weight is 272 g/mol. The Hall–Kier alpha value is -1.88. The highest BCUT2D eigenvalue weighted by molar-refractivity contribution is 5.85. The van der Waals surface area contributed by atoms with Crippen LogP contribution in [-0.2, 0) is 11.3 Å². The van der Waals surface area contributed by atoms with E-state index in [0.717, 1.165) is 36.2 Å². The van der Waals surface area contributed by atoms with Crippen LogP contribution in [0.5, 0.6) is 0 Å². The molecular weight excluding hydrogens is 252 g/mol. The van der Waals surface area contributed by atoms with Gasteiger partial charge in [0.2, 0.25) is 5.91 Å². The summed E-state index contributed by atoms with van der Waals surface area (Å²) in [5, 5.41) is 3.00. The third-order valence-corrected chi connectivity index (χ3v) is 4.19. The molecule has 3 N–H and O–H groups in total. The van der Waals surface area contributed by atoms with Crippen molar-refractivity contribution >= 4 is 16.9 Å². The van der Waals surface area contributed by atoms with Gasteiger partial charge < -0.3 is 15.6 Å². The summed E-state index contributed by atoms with van der Waals surface area (Å²) < 4.78 is 2.14. The van der Waals surface area contributed by atoms with Crippen molar-refractivity contribution in [3.63, 3.8) is 0 Å². The van der Waals surface area contributed by atoms with E-state index in [1.165, 1.54) is 0 Å². The number of carbonyl (C=O) groups is 1. The predicted octanol–water partition coefficient (Wildman–Crippen LogP) is 1.20. The Morgan fingerprint density at radius 2 is 2.20 bits per heavy atom. The second-order valence-electron chi connectivity index (χ2n) is 5.54. The smallest absolute Gasteiger partial charge is 0.227 e. The molecule has 0 aliphatic heterocycles. The van der Waals surface area contributed by atoms with Gasteiger partial charge in [-0.25, -0.2) is 4.98 Å². The molecule has 5 nitrogen and oxygen atoms in total. The summed E-state index contributed by atoms with van der Waals surface area (Å²) in [6.45, 7) is 3.79. The average Bonchev–Trinajstić information content (AvgIpc) is 3.19. The van der Waals surface area contributed by atoms with Crippen LogP contribution in [0.1, 0.15) is 18.7 Å². The molecule has 20 heavy (non-hydrogen) atoms. The van der Waals surface area contributed by atoms with Gasteiger partial charge in [0.05, 0.1) is 16.4 Å². The van der Waals surface area contributed by atoms with Crippen LogP contribution in [0.3, 0.4) is 0 Å². The van der Waals surface area contributed by atoms with E-state index in [2.05, 4.69) is 20.9 Å². The molecule has 106 valence electrons. The van der Waals surface area contributed by atoms with Gasteiger partial charge in [-0.15, -0.1) is 0 Å². The van der Waals surface area contributed by atoms with Crippen molar-refractivity contribution in [2.24, 2.45) is 11.1 Å². The lowest BCUT2D eigenvalue weighted by atomic mass is 10.1. The van der Waals surface area contributed by atoms with Crippen LogP contribution in [0.4, 0.5) is 0 Å². The number of nitrogens with zero attached hydrogens (tertiary/aromatic N) is 2. The monoisotopic (exact) mass is 272 g/mol. The fraction of sp³-hybridized carbons (Fsp3) is 0.467. The van der Waals surface area contributed by atoms with E-state index >= 15 is 0 Å². The molecule has 0 atom stereocenters.